The van der Waals surface area contributed by atoms with Crippen LogP contribution in [0.15, 0.2) is 6.07 Å². The third kappa shape index (κ3) is 3.13. The second kappa shape index (κ2) is 5.91. The van der Waals surface area contributed by atoms with Crippen LogP contribution in [-0.2, 0) is 16.0 Å². The standard InChI is InChI=1S/C11H10F2N2O3/c1-2-18-10(17)4-7-9(16)3-6(11(12)13)8(5-14)15-7/h3,11,16H,2,4H2,1H3. The normalized spacial score (nSPS) is 10.2. The fourth-order valence-electron chi connectivity index (χ4n) is 1.29. The molecule has 1 aromatic heterocycles. The summed E-state index contributed by atoms with van der Waals surface area (Å²) in [6, 6.07) is 2.24. The molecule has 0 spiro atoms. The summed E-state index contributed by atoms with van der Waals surface area (Å²) < 4.78 is 29.7. The number of pyridine rings is 1. The maximum absolute atomic E-state index is 12.5. The molecule has 0 radical (unpaired) electrons. The van der Waals surface area contributed by atoms with Crippen molar-refractivity contribution in [3.8, 4) is 11.8 Å². The number of alkyl halides is 2. The first-order valence-electron chi connectivity index (χ1n) is 5.06. The zero-order valence-electron chi connectivity index (χ0n) is 9.48. The van der Waals surface area contributed by atoms with Crippen LogP contribution in [-0.4, -0.2) is 22.7 Å². The molecule has 18 heavy (non-hydrogen) atoms. The largest absolute Gasteiger partial charge is 0.506 e. The van der Waals surface area contributed by atoms with E-state index in [0.29, 0.717) is 0 Å². The highest BCUT2D eigenvalue weighted by Gasteiger charge is 2.19. The van der Waals surface area contributed by atoms with Crippen LogP contribution < -0.4 is 0 Å². The molecular formula is C11H10F2N2O3. The minimum absolute atomic E-state index is 0.153. The second-order valence-corrected chi connectivity index (χ2v) is 3.29. The molecule has 0 amide bonds. The maximum Gasteiger partial charge on any atom is 0.312 e. The summed E-state index contributed by atoms with van der Waals surface area (Å²) in [7, 11) is 0. The SMILES string of the molecule is CCOC(=O)Cc1nc(C#N)c(C(F)F)cc1O. The van der Waals surface area contributed by atoms with Gasteiger partial charge in [0.15, 0.2) is 0 Å². The number of carbonyl (C=O) groups excluding carboxylic acids is 1. The molecule has 0 saturated carbocycles. The summed E-state index contributed by atoms with van der Waals surface area (Å²) in [4.78, 5) is 14.7. The van der Waals surface area contributed by atoms with Gasteiger partial charge in [0.05, 0.1) is 24.3 Å². The van der Waals surface area contributed by atoms with Gasteiger partial charge in [-0.3, -0.25) is 4.79 Å². The first kappa shape index (κ1) is 13.8. The van der Waals surface area contributed by atoms with Crippen LogP contribution in [0.5, 0.6) is 5.75 Å². The summed E-state index contributed by atoms with van der Waals surface area (Å²) in [6.07, 6.45) is -3.30. The van der Waals surface area contributed by atoms with E-state index in [1.54, 1.807) is 6.92 Å². The lowest BCUT2D eigenvalue weighted by molar-refractivity contribution is -0.142. The van der Waals surface area contributed by atoms with Crippen molar-refractivity contribution in [1.82, 2.24) is 4.98 Å². The summed E-state index contributed by atoms with van der Waals surface area (Å²) in [6.45, 7) is 1.76. The van der Waals surface area contributed by atoms with Gasteiger partial charge in [0, 0.05) is 0 Å². The summed E-state index contributed by atoms with van der Waals surface area (Å²) in [5.41, 5.74) is -1.33. The number of nitrogens with zero attached hydrogens (tertiary/aromatic N) is 2. The molecule has 5 nitrogen and oxygen atoms in total. The number of hydrogen-bond acceptors (Lipinski definition) is 5. The number of rotatable bonds is 4. The van der Waals surface area contributed by atoms with E-state index in [1.165, 1.54) is 6.07 Å². The minimum atomic E-state index is -2.92. The van der Waals surface area contributed by atoms with Crippen molar-refractivity contribution in [2.75, 3.05) is 6.61 Å². The number of aromatic hydroxyl groups is 1. The zero-order valence-corrected chi connectivity index (χ0v) is 9.48. The van der Waals surface area contributed by atoms with Crippen LogP contribution in [0.2, 0.25) is 0 Å². The molecule has 1 aromatic rings. The van der Waals surface area contributed by atoms with E-state index in [1.807, 2.05) is 0 Å². The Balaban J connectivity index is 3.09. The number of carbonyl (C=O) groups is 1. The van der Waals surface area contributed by atoms with Crippen LogP contribution in [0.3, 0.4) is 0 Å². The van der Waals surface area contributed by atoms with Gasteiger partial charge in [-0.25, -0.2) is 13.8 Å². The van der Waals surface area contributed by atoms with Crippen LogP contribution in [0.4, 0.5) is 8.78 Å². The Morgan fingerprint density at radius 3 is 2.83 bits per heavy atom. The number of ether oxygens (including phenoxy) is 1. The Hall–Kier alpha value is -2.23. The average molecular weight is 256 g/mol. The van der Waals surface area contributed by atoms with Gasteiger partial charge >= 0.3 is 5.97 Å². The molecule has 0 fully saturated rings. The predicted molar refractivity (Wildman–Crippen MR) is 55.9 cm³/mol. The average Bonchev–Trinajstić information content (AvgIpc) is 2.31. The van der Waals surface area contributed by atoms with Crippen molar-refractivity contribution in [1.29, 1.82) is 5.26 Å². The molecule has 0 aliphatic rings. The van der Waals surface area contributed by atoms with Crippen LogP contribution in [0.1, 0.15) is 30.3 Å². The van der Waals surface area contributed by atoms with Crippen molar-refractivity contribution >= 4 is 5.97 Å². The molecule has 0 aliphatic heterocycles. The first-order valence-corrected chi connectivity index (χ1v) is 5.06. The van der Waals surface area contributed by atoms with Crippen molar-refractivity contribution in [3.63, 3.8) is 0 Å². The summed E-state index contributed by atoms with van der Waals surface area (Å²) in [5, 5.41) is 18.1. The van der Waals surface area contributed by atoms with Crippen LogP contribution in [0.25, 0.3) is 0 Å². The molecular weight excluding hydrogens is 246 g/mol. The van der Waals surface area contributed by atoms with Crippen LogP contribution in [0, 0.1) is 11.3 Å². The van der Waals surface area contributed by atoms with E-state index in [0.717, 1.165) is 6.07 Å². The quantitative estimate of drug-likeness (QED) is 0.829. The van der Waals surface area contributed by atoms with Crippen molar-refractivity contribution in [3.05, 3.63) is 23.0 Å². The van der Waals surface area contributed by atoms with Crippen LogP contribution >= 0.6 is 0 Å². The number of hydrogen-bond donors (Lipinski definition) is 1. The first-order chi connectivity index (χ1) is 8.49. The smallest absolute Gasteiger partial charge is 0.312 e. The summed E-state index contributed by atoms with van der Waals surface area (Å²) in [5.74, 6) is -1.22. The van der Waals surface area contributed by atoms with Gasteiger partial charge in [0.25, 0.3) is 6.43 Å². The molecule has 1 rings (SSSR count). The lowest BCUT2D eigenvalue weighted by Gasteiger charge is -2.07. The highest BCUT2D eigenvalue weighted by atomic mass is 19.3. The topological polar surface area (TPSA) is 83.2 Å². The Morgan fingerprint density at radius 1 is 1.67 bits per heavy atom. The van der Waals surface area contributed by atoms with E-state index in [9.17, 15) is 18.7 Å². The molecule has 0 aromatic carbocycles. The molecule has 0 atom stereocenters. The van der Waals surface area contributed by atoms with Gasteiger partial charge in [0.1, 0.15) is 17.5 Å². The summed E-state index contributed by atoms with van der Waals surface area (Å²) >= 11 is 0. The predicted octanol–water partition coefficient (Wildman–Crippen LogP) is 1.70. The Bertz CT molecular complexity index is 498. The Kier molecular flexibility index (Phi) is 4.54. The molecule has 1 heterocycles. The maximum atomic E-state index is 12.5. The van der Waals surface area contributed by atoms with Crippen molar-refractivity contribution in [2.24, 2.45) is 0 Å². The molecule has 96 valence electrons. The van der Waals surface area contributed by atoms with E-state index >= 15 is 0 Å². The van der Waals surface area contributed by atoms with E-state index in [-0.39, 0.29) is 18.7 Å². The highest BCUT2D eigenvalue weighted by Crippen LogP contribution is 2.27. The molecule has 0 saturated heterocycles. The molecule has 0 bridgehead atoms. The lowest BCUT2D eigenvalue weighted by Crippen LogP contribution is -2.10. The number of halogens is 2. The number of esters is 1. The molecule has 0 aliphatic carbocycles. The Morgan fingerprint density at radius 2 is 2.33 bits per heavy atom. The van der Waals surface area contributed by atoms with E-state index in [4.69, 9.17) is 5.26 Å². The van der Waals surface area contributed by atoms with Gasteiger partial charge in [0.2, 0.25) is 0 Å². The van der Waals surface area contributed by atoms with Crippen molar-refractivity contribution in [2.45, 2.75) is 19.8 Å². The fourth-order valence-corrected chi connectivity index (χ4v) is 1.29. The van der Waals surface area contributed by atoms with Gasteiger partial charge in [-0.2, -0.15) is 5.26 Å². The third-order valence-corrected chi connectivity index (χ3v) is 2.07. The third-order valence-electron chi connectivity index (χ3n) is 2.07. The zero-order chi connectivity index (χ0) is 13.7. The van der Waals surface area contributed by atoms with Gasteiger partial charge in [-0.1, -0.05) is 0 Å². The minimum Gasteiger partial charge on any atom is -0.506 e. The fraction of sp³-hybridized carbons (Fsp3) is 0.364. The Labute approximate surface area is 102 Å². The molecule has 1 N–H and O–H groups in total. The molecule has 0 unspecified atom stereocenters. The van der Waals surface area contributed by atoms with Crippen molar-refractivity contribution < 1.29 is 23.4 Å². The van der Waals surface area contributed by atoms with E-state index < -0.39 is 29.4 Å². The van der Waals surface area contributed by atoms with E-state index in [2.05, 4.69) is 9.72 Å². The number of aromatic nitrogens is 1. The highest BCUT2D eigenvalue weighted by molar-refractivity contribution is 5.73. The van der Waals surface area contributed by atoms with Gasteiger partial charge < -0.3 is 9.84 Å². The van der Waals surface area contributed by atoms with Gasteiger partial charge in [-0.15, -0.1) is 0 Å². The lowest BCUT2D eigenvalue weighted by atomic mass is 10.1. The number of nitriles is 1. The monoisotopic (exact) mass is 256 g/mol. The van der Waals surface area contributed by atoms with Gasteiger partial charge in [-0.05, 0) is 13.0 Å². The second-order valence-electron chi connectivity index (χ2n) is 3.29. The molecule has 7 heteroatoms.